The second-order valence-electron chi connectivity index (χ2n) is 6.08. The lowest BCUT2D eigenvalue weighted by molar-refractivity contribution is 0.0965. The number of rotatable bonds is 4. The van der Waals surface area contributed by atoms with Gasteiger partial charge in [-0.25, -0.2) is 4.63 Å². The van der Waals surface area contributed by atoms with Gasteiger partial charge < -0.3 is 9.72 Å². The number of piperidine rings is 1. The molecule has 4 rings (SSSR count). The number of aryl methyl sites for hydroxylation is 1. The topological polar surface area (TPSA) is 67.2 Å². The highest BCUT2D eigenvalue weighted by Crippen LogP contribution is 2.27. The first-order chi connectivity index (χ1) is 11.3. The number of aromatic nitrogens is 3. The van der Waals surface area contributed by atoms with Crippen LogP contribution in [0.5, 0.6) is 5.75 Å². The minimum atomic E-state index is 0.267. The maximum absolute atomic E-state index is 6.24. The first-order valence-corrected chi connectivity index (χ1v) is 8.03. The Morgan fingerprint density at radius 1 is 1.26 bits per heavy atom. The highest BCUT2D eigenvalue weighted by molar-refractivity contribution is 5.85. The van der Waals surface area contributed by atoms with Crippen LogP contribution < -0.4 is 4.74 Å². The molecule has 6 nitrogen and oxygen atoms in total. The fourth-order valence-corrected chi connectivity index (χ4v) is 3.13. The third kappa shape index (κ3) is 2.94. The predicted octanol–water partition coefficient (Wildman–Crippen LogP) is 2.90. The second-order valence-corrected chi connectivity index (χ2v) is 6.08. The molecule has 1 N–H and O–H groups in total. The van der Waals surface area contributed by atoms with Gasteiger partial charge in [0.1, 0.15) is 23.2 Å². The molecule has 3 heterocycles. The molecule has 23 heavy (non-hydrogen) atoms. The van der Waals surface area contributed by atoms with Crippen LogP contribution in [0.4, 0.5) is 0 Å². The van der Waals surface area contributed by atoms with Crippen molar-refractivity contribution in [1.82, 2.24) is 20.2 Å². The molecule has 0 saturated carbocycles. The van der Waals surface area contributed by atoms with Crippen LogP contribution >= 0.6 is 0 Å². The second kappa shape index (κ2) is 6.04. The van der Waals surface area contributed by atoms with E-state index in [4.69, 9.17) is 9.37 Å². The number of nitrogens with one attached hydrogen (secondary N) is 1. The molecule has 1 saturated heterocycles. The van der Waals surface area contributed by atoms with Crippen molar-refractivity contribution in [3.63, 3.8) is 0 Å². The van der Waals surface area contributed by atoms with Crippen LogP contribution in [0, 0.1) is 6.92 Å². The van der Waals surface area contributed by atoms with E-state index in [1.807, 2.05) is 25.3 Å². The van der Waals surface area contributed by atoms with E-state index in [2.05, 4.69) is 32.3 Å². The van der Waals surface area contributed by atoms with Gasteiger partial charge in [-0.1, -0.05) is 16.4 Å². The molecule has 2 aromatic heterocycles. The van der Waals surface area contributed by atoms with E-state index in [1.54, 1.807) is 0 Å². The van der Waals surface area contributed by atoms with Crippen molar-refractivity contribution in [3.8, 4) is 5.75 Å². The van der Waals surface area contributed by atoms with E-state index >= 15 is 0 Å². The summed E-state index contributed by atoms with van der Waals surface area (Å²) in [6, 6.07) is 8.22. The summed E-state index contributed by atoms with van der Waals surface area (Å²) in [5, 5.41) is 8.95. The van der Waals surface area contributed by atoms with Gasteiger partial charge >= 0.3 is 0 Å². The average molecular weight is 312 g/mol. The van der Waals surface area contributed by atoms with Gasteiger partial charge in [0.2, 0.25) is 0 Å². The molecule has 0 aliphatic carbocycles. The zero-order valence-electron chi connectivity index (χ0n) is 13.2. The summed E-state index contributed by atoms with van der Waals surface area (Å²) < 4.78 is 11.0. The zero-order valence-corrected chi connectivity index (χ0v) is 13.2. The maximum Gasteiger partial charge on any atom is 0.129 e. The molecule has 6 heteroatoms. The van der Waals surface area contributed by atoms with Crippen molar-refractivity contribution in [2.24, 2.45) is 0 Å². The lowest BCUT2D eigenvalue weighted by Crippen LogP contribution is -2.38. The van der Waals surface area contributed by atoms with Crippen molar-refractivity contribution in [1.29, 1.82) is 0 Å². The van der Waals surface area contributed by atoms with Crippen LogP contribution in [-0.4, -0.2) is 39.4 Å². The van der Waals surface area contributed by atoms with Crippen LogP contribution in [0.2, 0.25) is 0 Å². The number of likely N-dealkylation sites (tertiary alicyclic amines) is 1. The van der Waals surface area contributed by atoms with Gasteiger partial charge in [-0.2, -0.15) is 0 Å². The number of H-pyrrole nitrogens is 1. The van der Waals surface area contributed by atoms with E-state index in [0.29, 0.717) is 0 Å². The number of hydrogen-bond acceptors (Lipinski definition) is 5. The Hall–Kier alpha value is -2.34. The van der Waals surface area contributed by atoms with Gasteiger partial charge in [0.25, 0.3) is 0 Å². The predicted molar refractivity (Wildman–Crippen MR) is 86.3 cm³/mol. The van der Waals surface area contributed by atoms with Crippen molar-refractivity contribution in [2.75, 3.05) is 13.1 Å². The number of ether oxygens (including phenoxy) is 1. The first kappa shape index (κ1) is 14.3. The van der Waals surface area contributed by atoms with Crippen LogP contribution in [0.1, 0.15) is 24.2 Å². The quantitative estimate of drug-likeness (QED) is 0.802. The SMILES string of the molecule is Cc1nonc1CN1CCC(Oc2cccc3[nH]ccc23)CC1. The summed E-state index contributed by atoms with van der Waals surface area (Å²) in [6.45, 7) is 4.73. The maximum atomic E-state index is 6.24. The third-order valence-electron chi connectivity index (χ3n) is 4.50. The van der Waals surface area contributed by atoms with Crippen molar-refractivity contribution in [2.45, 2.75) is 32.4 Å². The Labute approximate surface area is 134 Å². The molecule has 0 spiro atoms. The highest BCUT2D eigenvalue weighted by atomic mass is 16.6. The van der Waals surface area contributed by atoms with Gasteiger partial charge in [0.15, 0.2) is 0 Å². The summed E-state index contributed by atoms with van der Waals surface area (Å²) in [5.74, 6) is 0.971. The van der Waals surface area contributed by atoms with Gasteiger partial charge in [-0.15, -0.1) is 0 Å². The van der Waals surface area contributed by atoms with Gasteiger partial charge in [0.05, 0.1) is 0 Å². The zero-order chi connectivity index (χ0) is 15.6. The Bertz CT molecular complexity index is 787. The highest BCUT2D eigenvalue weighted by Gasteiger charge is 2.22. The lowest BCUT2D eigenvalue weighted by Gasteiger charge is -2.31. The number of hydrogen-bond donors (Lipinski definition) is 1. The number of fused-ring (bicyclic) bond motifs is 1. The molecule has 0 radical (unpaired) electrons. The van der Waals surface area contributed by atoms with Crippen LogP contribution in [0.25, 0.3) is 10.9 Å². The smallest absolute Gasteiger partial charge is 0.129 e. The minimum Gasteiger partial charge on any atom is -0.490 e. The molecule has 1 fully saturated rings. The molecule has 3 aromatic rings. The molecule has 0 atom stereocenters. The first-order valence-electron chi connectivity index (χ1n) is 8.03. The van der Waals surface area contributed by atoms with Gasteiger partial charge in [0, 0.05) is 36.7 Å². The summed E-state index contributed by atoms with van der Waals surface area (Å²) in [4.78, 5) is 5.60. The molecule has 1 aromatic carbocycles. The molecular weight excluding hydrogens is 292 g/mol. The van der Waals surface area contributed by atoms with E-state index in [9.17, 15) is 0 Å². The third-order valence-corrected chi connectivity index (χ3v) is 4.50. The molecule has 0 unspecified atom stereocenters. The van der Waals surface area contributed by atoms with Crippen LogP contribution in [-0.2, 0) is 6.54 Å². The number of benzene rings is 1. The molecule has 0 amide bonds. The summed E-state index contributed by atoms with van der Waals surface area (Å²) in [5.41, 5.74) is 2.93. The average Bonchev–Trinajstić information content (AvgIpc) is 3.19. The number of aromatic amines is 1. The van der Waals surface area contributed by atoms with E-state index in [-0.39, 0.29) is 6.10 Å². The minimum absolute atomic E-state index is 0.267. The normalized spacial score (nSPS) is 16.9. The Morgan fingerprint density at radius 3 is 2.91 bits per heavy atom. The van der Waals surface area contributed by atoms with Gasteiger partial charge in [-0.3, -0.25) is 4.90 Å². The van der Waals surface area contributed by atoms with Crippen molar-refractivity contribution >= 4 is 10.9 Å². The standard InChI is InChI=1S/C17H20N4O2/c1-12-16(20-23-19-12)11-21-9-6-13(7-10-21)22-17-4-2-3-15-14(17)5-8-18-15/h2-5,8,13,18H,6-7,9-11H2,1H3. The monoisotopic (exact) mass is 312 g/mol. The number of nitrogens with zero attached hydrogens (tertiary/aromatic N) is 3. The molecule has 0 bridgehead atoms. The Morgan fingerprint density at radius 2 is 2.13 bits per heavy atom. The molecular formula is C17H20N4O2. The molecule has 120 valence electrons. The summed E-state index contributed by atoms with van der Waals surface area (Å²) >= 11 is 0. The van der Waals surface area contributed by atoms with E-state index in [1.165, 1.54) is 0 Å². The summed E-state index contributed by atoms with van der Waals surface area (Å²) in [6.07, 6.45) is 4.26. The Balaban J connectivity index is 1.36. The van der Waals surface area contributed by atoms with Crippen LogP contribution in [0.15, 0.2) is 35.1 Å². The lowest BCUT2D eigenvalue weighted by atomic mass is 10.1. The largest absolute Gasteiger partial charge is 0.490 e. The van der Waals surface area contributed by atoms with E-state index in [0.717, 1.165) is 60.5 Å². The fraction of sp³-hybridized carbons (Fsp3) is 0.412. The van der Waals surface area contributed by atoms with Crippen molar-refractivity contribution < 1.29 is 9.37 Å². The Kier molecular flexibility index (Phi) is 3.75. The fourth-order valence-electron chi connectivity index (χ4n) is 3.13. The van der Waals surface area contributed by atoms with Gasteiger partial charge in [-0.05, 0) is 38.0 Å². The summed E-state index contributed by atoms with van der Waals surface area (Å²) in [7, 11) is 0. The van der Waals surface area contributed by atoms with E-state index < -0.39 is 0 Å². The molecule has 1 aliphatic rings. The van der Waals surface area contributed by atoms with Crippen molar-refractivity contribution in [3.05, 3.63) is 41.9 Å². The molecule has 1 aliphatic heterocycles. The van der Waals surface area contributed by atoms with Crippen LogP contribution in [0.3, 0.4) is 0 Å².